The van der Waals surface area contributed by atoms with E-state index in [1.165, 1.54) is 6.92 Å². The quantitative estimate of drug-likeness (QED) is 0.326. The second kappa shape index (κ2) is 10.6. The number of tetrazole rings is 1. The van der Waals surface area contributed by atoms with Crippen molar-refractivity contribution in [1.82, 2.24) is 30.9 Å². The summed E-state index contributed by atoms with van der Waals surface area (Å²) in [6, 6.07) is 26.8. The van der Waals surface area contributed by atoms with E-state index in [-0.39, 0.29) is 5.91 Å². The Morgan fingerprint density at radius 2 is 1.61 bits per heavy atom. The summed E-state index contributed by atoms with van der Waals surface area (Å²) in [5, 5.41) is 17.9. The maximum Gasteiger partial charge on any atom is 0.217 e. The van der Waals surface area contributed by atoms with Gasteiger partial charge in [-0.15, -0.1) is 10.2 Å². The van der Waals surface area contributed by atoms with Gasteiger partial charge in [-0.05, 0) is 47.5 Å². The van der Waals surface area contributed by atoms with Crippen molar-refractivity contribution in [2.24, 2.45) is 0 Å². The molecule has 3 aromatic carbocycles. The molecular formula is C27H24N6O3. The number of amides is 1. The Bertz CT molecular complexity index is 1440. The van der Waals surface area contributed by atoms with Crippen LogP contribution in [0.4, 0.5) is 0 Å². The third kappa shape index (κ3) is 5.64. The maximum absolute atomic E-state index is 11.6. The summed E-state index contributed by atoms with van der Waals surface area (Å²) in [6.07, 6.45) is 0. The number of nitrogens with zero attached hydrogens (tertiary/aromatic N) is 4. The van der Waals surface area contributed by atoms with Gasteiger partial charge in [0.25, 0.3) is 0 Å². The number of carbonyl (C=O) groups is 1. The monoisotopic (exact) mass is 480 g/mol. The smallest absolute Gasteiger partial charge is 0.217 e. The first-order valence-electron chi connectivity index (χ1n) is 11.4. The van der Waals surface area contributed by atoms with Gasteiger partial charge in [0, 0.05) is 12.3 Å². The number of hydrogen-bond donors (Lipinski definition) is 2. The number of benzene rings is 3. The van der Waals surface area contributed by atoms with Crippen LogP contribution in [0.25, 0.3) is 10.9 Å². The molecule has 0 aliphatic carbocycles. The average Bonchev–Trinajstić information content (AvgIpc) is 3.45. The fourth-order valence-corrected chi connectivity index (χ4v) is 3.74. The van der Waals surface area contributed by atoms with Gasteiger partial charge in [-0.1, -0.05) is 53.7 Å². The van der Waals surface area contributed by atoms with Crippen LogP contribution in [0.1, 0.15) is 35.6 Å². The highest BCUT2D eigenvalue weighted by Gasteiger charge is 2.19. The zero-order chi connectivity index (χ0) is 24.7. The van der Waals surface area contributed by atoms with Crippen LogP contribution in [0.2, 0.25) is 0 Å². The highest BCUT2D eigenvalue weighted by atomic mass is 16.5. The molecule has 1 atom stereocenters. The minimum atomic E-state index is -0.478. The first-order chi connectivity index (χ1) is 17.6. The van der Waals surface area contributed by atoms with Gasteiger partial charge < -0.3 is 14.8 Å². The first-order valence-corrected chi connectivity index (χ1v) is 11.4. The lowest BCUT2D eigenvalue weighted by Crippen LogP contribution is -2.27. The largest absolute Gasteiger partial charge is 0.489 e. The number of H-pyrrole nitrogens is 1. The van der Waals surface area contributed by atoms with E-state index >= 15 is 0 Å². The molecule has 0 radical (unpaired) electrons. The van der Waals surface area contributed by atoms with Gasteiger partial charge in [0.2, 0.25) is 11.7 Å². The van der Waals surface area contributed by atoms with Gasteiger partial charge in [0.1, 0.15) is 30.8 Å². The van der Waals surface area contributed by atoms with E-state index in [4.69, 9.17) is 9.47 Å². The third-order valence-corrected chi connectivity index (χ3v) is 5.55. The van der Waals surface area contributed by atoms with Crippen molar-refractivity contribution in [3.8, 4) is 11.5 Å². The minimum Gasteiger partial charge on any atom is -0.489 e. The van der Waals surface area contributed by atoms with E-state index in [1.54, 1.807) is 0 Å². The molecule has 5 rings (SSSR count). The number of para-hydroxylation sites is 1. The molecule has 0 saturated carbocycles. The lowest BCUT2D eigenvalue weighted by Gasteiger charge is -2.15. The van der Waals surface area contributed by atoms with Crippen LogP contribution >= 0.6 is 0 Å². The molecule has 1 unspecified atom stereocenters. The summed E-state index contributed by atoms with van der Waals surface area (Å²) < 4.78 is 11.8. The van der Waals surface area contributed by atoms with Crippen molar-refractivity contribution in [3.63, 3.8) is 0 Å². The lowest BCUT2D eigenvalue weighted by atomic mass is 10.0. The van der Waals surface area contributed by atoms with E-state index in [0.29, 0.717) is 19.0 Å². The molecule has 0 saturated heterocycles. The highest BCUT2D eigenvalue weighted by Crippen LogP contribution is 2.22. The van der Waals surface area contributed by atoms with E-state index in [2.05, 4.69) is 37.0 Å². The molecule has 0 fully saturated rings. The highest BCUT2D eigenvalue weighted by molar-refractivity contribution is 5.78. The molecule has 5 aromatic rings. The Morgan fingerprint density at radius 1 is 0.889 bits per heavy atom. The Hall–Kier alpha value is -4.79. The molecule has 36 heavy (non-hydrogen) atoms. The van der Waals surface area contributed by atoms with Crippen molar-refractivity contribution in [3.05, 3.63) is 108 Å². The number of carbonyl (C=O) groups excluding carboxylic acids is 1. The molecule has 9 nitrogen and oxygen atoms in total. The predicted octanol–water partition coefficient (Wildman–Crippen LogP) is 4.13. The van der Waals surface area contributed by atoms with E-state index in [0.717, 1.165) is 39.2 Å². The summed E-state index contributed by atoms with van der Waals surface area (Å²) in [5.41, 5.74) is 3.65. The normalized spacial score (nSPS) is 11.7. The van der Waals surface area contributed by atoms with E-state index < -0.39 is 6.04 Å². The number of rotatable bonds is 9. The van der Waals surface area contributed by atoms with Crippen LogP contribution in [-0.2, 0) is 18.0 Å². The molecule has 0 spiro atoms. The fourth-order valence-electron chi connectivity index (χ4n) is 3.74. The molecule has 0 aliphatic heterocycles. The Balaban J connectivity index is 1.15. The van der Waals surface area contributed by atoms with Gasteiger partial charge in [0.15, 0.2) is 0 Å². The summed E-state index contributed by atoms with van der Waals surface area (Å²) in [6.45, 7) is 2.24. The lowest BCUT2D eigenvalue weighted by molar-refractivity contribution is -0.119. The number of aromatic nitrogens is 5. The zero-order valence-electron chi connectivity index (χ0n) is 19.6. The standard InChI is InChI=1S/C27H24N6O3/c1-18(34)28-26(27-30-32-33-31-27)21-8-6-19(7-9-21)16-35-23-12-14-24(15-13-23)36-17-22-11-10-20-4-2-3-5-25(20)29-22/h2-15,26H,16-17H2,1H3,(H,28,34)(H,30,31,32,33). The summed E-state index contributed by atoms with van der Waals surface area (Å²) in [4.78, 5) is 16.2. The second-order valence-electron chi connectivity index (χ2n) is 8.19. The Morgan fingerprint density at radius 3 is 2.31 bits per heavy atom. The van der Waals surface area contributed by atoms with Crippen LogP contribution in [-0.4, -0.2) is 31.5 Å². The molecule has 2 aromatic heterocycles. The van der Waals surface area contributed by atoms with Crippen LogP contribution in [0, 0.1) is 0 Å². The van der Waals surface area contributed by atoms with Gasteiger partial charge >= 0.3 is 0 Å². The second-order valence-corrected chi connectivity index (χ2v) is 8.19. The van der Waals surface area contributed by atoms with Gasteiger partial charge in [0.05, 0.1) is 11.2 Å². The Kier molecular flexibility index (Phi) is 6.79. The average molecular weight is 481 g/mol. The topological polar surface area (TPSA) is 115 Å². The molecule has 1 amide bonds. The van der Waals surface area contributed by atoms with Gasteiger partial charge in [-0.3, -0.25) is 4.79 Å². The fraction of sp³-hybridized carbons (Fsp3) is 0.148. The van der Waals surface area contributed by atoms with Gasteiger partial charge in [-0.25, -0.2) is 4.98 Å². The van der Waals surface area contributed by atoms with Crippen molar-refractivity contribution in [2.45, 2.75) is 26.2 Å². The van der Waals surface area contributed by atoms with Crippen LogP contribution in [0.15, 0.2) is 84.9 Å². The van der Waals surface area contributed by atoms with Crippen LogP contribution in [0.5, 0.6) is 11.5 Å². The number of nitrogens with one attached hydrogen (secondary N) is 2. The van der Waals surface area contributed by atoms with Gasteiger partial charge in [-0.2, -0.15) is 5.21 Å². The molecule has 0 bridgehead atoms. The summed E-state index contributed by atoms with van der Waals surface area (Å²) in [7, 11) is 0. The molecule has 0 aliphatic rings. The molecular weight excluding hydrogens is 456 g/mol. The summed E-state index contributed by atoms with van der Waals surface area (Å²) >= 11 is 0. The third-order valence-electron chi connectivity index (χ3n) is 5.55. The maximum atomic E-state index is 11.6. The first kappa shape index (κ1) is 23.0. The molecule has 180 valence electrons. The van der Waals surface area contributed by atoms with E-state index in [9.17, 15) is 4.79 Å². The van der Waals surface area contributed by atoms with E-state index in [1.807, 2.05) is 78.9 Å². The molecule has 2 N–H and O–H groups in total. The number of aromatic amines is 1. The van der Waals surface area contributed by atoms with Crippen LogP contribution < -0.4 is 14.8 Å². The number of ether oxygens (including phenoxy) is 2. The number of pyridine rings is 1. The summed E-state index contributed by atoms with van der Waals surface area (Å²) in [5.74, 6) is 1.69. The van der Waals surface area contributed by atoms with Crippen molar-refractivity contribution in [2.75, 3.05) is 0 Å². The number of fused-ring (bicyclic) bond motifs is 1. The zero-order valence-corrected chi connectivity index (χ0v) is 19.6. The Labute approximate surface area is 207 Å². The van der Waals surface area contributed by atoms with Crippen molar-refractivity contribution >= 4 is 16.8 Å². The SMILES string of the molecule is CC(=O)NC(c1ccc(COc2ccc(OCc3ccc4ccccc4n3)cc2)cc1)c1nn[nH]n1. The minimum absolute atomic E-state index is 0.182. The van der Waals surface area contributed by atoms with Crippen molar-refractivity contribution in [1.29, 1.82) is 0 Å². The van der Waals surface area contributed by atoms with Crippen molar-refractivity contribution < 1.29 is 14.3 Å². The predicted molar refractivity (Wildman–Crippen MR) is 133 cm³/mol. The molecule has 9 heteroatoms. The molecule has 2 heterocycles. The number of hydrogen-bond acceptors (Lipinski definition) is 7. The van der Waals surface area contributed by atoms with Crippen LogP contribution in [0.3, 0.4) is 0 Å².